The maximum absolute atomic E-state index is 5.00. The van der Waals surface area contributed by atoms with Gasteiger partial charge in [0.25, 0.3) is 0 Å². The van der Waals surface area contributed by atoms with Crippen LogP contribution in [0.25, 0.3) is 0 Å². The van der Waals surface area contributed by atoms with Gasteiger partial charge < -0.3 is 10.1 Å². The molecule has 0 spiro atoms. The van der Waals surface area contributed by atoms with Crippen molar-refractivity contribution in [2.45, 2.75) is 6.92 Å². The lowest BCUT2D eigenvalue weighted by Crippen LogP contribution is -2.34. The van der Waals surface area contributed by atoms with Crippen LogP contribution in [0.5, 0.6) is 0 Å². The first kappa shape index (κ1) is 13.1. The first-order valence-electron chi connectivity index (χ1n) is 4.84. The molecule has 0 aliphatic carbocycles. The molecular weight excluding hydrogens is 242 g/mol. The van der Waals surface area contributed by atoms with E-state index in [1.54, 1.807) is 24.7 Å². The molecule has 0 aliphatic heterocycles. The predicted octanol–water partition coefficient (Wildman–Crippen LogP) is 1.50. The van der Waals surface area contributed by atoms with Crippen molar-refractivity contribution in [3.05, 3.63) is 21.9 Å². The van der Waals surface area contributed by atoms with Gasteiger partial charge in [-0.2, -0.15) is 5.10 Å². The third kappa shape index (κ3) is 5.20. The zero-order chi connectivity index (χ0) is 11.8. The van der Waals surface area contributed by atoms with E-state index in [2.05, 4.69) is 28.8 Å². The molecule has 0 amide bonds. The second-order valence-electron chi connectivity index (χ2n) is 3.07. The maximum Gasteiger partial charge on any atom is 0.187 e. The second-order valence-corrected chi connectivity index (χ2v) is 4.79. The summed E-state index contributed by atoms with van der Waals surface area (Å²) >= 11 is 6.69. The lowest BCUT2D eigenvalue weighted by Gasteiger charge is -2.05. The van der Waals surface area contributed by atoms with Crippen LogP contribution in [0.3, 0.4) is 0 Å². The van der Waals surface area contributed by atoms with Gasteiger partial charge >= 0.3 is 0 Å². The van der Waals surface area contributed by atoms with Crippen LogP contribution in [-0.2, 0) is 4.74 Å². The molecule has 0 aromatic carbocycles. The molecule has 6 heteroatoms. The third-order valence-corrected chi connectivity index (χ3v) is 2.88. The van der Waals surface area contributed by atoms with Crippen LogP contribution in [0.2, 0.25) is 0 Å². The lowest BCUT2D eigenvalue weighted by atomic mass is 10.4. The molecule has 0 saturated heterocycles. The summed E-state index contributed by atoms with van der Waals surface area (Å²) in [6, 6.07) is 4.08. The van der Waals surface area contributed by atoms with Crippen LogP contribution < -0.4 is 10.7 Å². The van der Waals surface area contributed by atoms with Crippen LogP contribution in [-0.4, -0.2) is 31.6 Å². The zero-order valence-corrected chi connectivity index (χ0v) is 11.0. The molecule has 0 radical (unpaired) electrons. The number of ether oxygens (including phenoxy) is 1. The van der Waals surface area contributed by atoms with Gasteiger partial charge in [0, 0.05) is 23.4 Å². The van der Waals surface area contributed by atoms with Gasteiger partial charge in [-0.15, -0.1) is 11.3 Å². The van der Waals surface area contributed by atoms with E-state index < -0.39 is 0 Å². The number of nitrogens with one attached hydrogen (secondary N) is 2. The molecule has 88 valence electrons. The van der Waals surface area contributed by atoms with Crippen molar-refractivity contribution in [2.24, 2.45) is 5.10 Å². The fourth-order valence-electron chi connectivity index (χ4n) is 0.983. The van der Waals surface area contributed by atoms with E-state index in [0.717, 1.165) is 4.88 Å². The molecule has 0 fully saturated rings. The fraction of sp³-hybridized carbons (Fsp3) is 0.400. The van der Waals surface area contributed by atoms with E-state index in [9.17, 15) is 0 Å². The monoisotopic (exact) mass is 257 g/mol. The molecule has 0 saturated carbocycles. The lowest BCUT2D eigenvalue weighted by molar-refractivity contribution is 0.204. The topological polar surface area (TPSA) is 45.6 Å². The Hall–Kier alpha value is -0.980. The number of rotatable bonds is 5. The fourth-order valence-corrected chi connectivity index (χ4v) is 1.89. The highest BCUT2D eigenvalue weighted by molar-refractivity contribution is 7.80. The molecule has 1 aromatic rings. The minimum absolute atomic E-state index is 0.501. The van der Waals surface area contributed by atoms with Crippen molar-refractivity contribution in [3.8, 4) is 0 Å². The molecule has 0 aliphatic rings. The van der Waals surface area contributed by atoms with Crippen LogP contribution in [0.15, 0.2) is 17.2 Å². The van der Waals surface area contributed by atoms with Crippen LogP contribution in [0, 0.1) is 6.92 Å². The summed E-state index contributed by atoms with van der Waals surface area (Å²) in [5.41, 5.74) is 2.74. The van der Waals surface area contributed by atoms with E-state index in [1.165, 1.54) is 4.88 Å². The first-order valence-corrected chi connectivity index (χ1v) is 6.07. The van der Waals surface area contributed by atoms with Gasteiger partial charge in [-0.25, -0.2) is 0 Å². The number of thiocarbonyl (C=S) groups is 1. The van der Waals surface area contributed by atoms with E-state index in [-0.39, 0.29) is 0 Å². The standard InChI is InChI=1S/C10H15N3OS2/c1-8-3-4-9(16-8)7-12-13-10(15)11-5-6-14-2/h3-4,7H,5-6H2,1-2H3,(H2,11,13,15)/b12-7-. The normalized spacial score (nSPS) is 10.6. The molecule has 1 heterocycles. The van der Waals surface area contributed by atoms with Gasteiger partial charge in [-0.1, -0.05) is 0 Å². The van der Waals surface area contributed by atoms with E-state index in [1.807, 2.05) is 6.07 Å². The van der Waals surface area contributed by atoms with E-state index in [4.69, 9.17) is 17.0 Å². The summed E-state index contributed by atoms with van der Waals surface area (Å²) in [6.07, 6.45) is 1.75. The number of hydrogen-bond acceptors (Lipinski definition) is 4. The molecule has 4 nitrogen and oxygen atoms in total. The zero-order valence-electron chi connectivity index (χ0n) is 9.32. The summed E-state index contributed by atoms with van der Waals surface area (Å²) < 4.78 is 4.88. The van der Waals surface area contributed by atoms with Gasteiger partial charge in [0.05, 0.1) is 12.8 Å². The summed E-state index contributed by atoms with van der Waals surface area (Å²) in [6.45, 7) is 3.36. The van der Waals surface area contributed by atoms with E-state index in [0.29, 0.717) is 18.3 Å². The number of nitrogens with zero attached hydrogens (tertiary/aromatic N) is 1. The number of aryl methyl sites for hydroxylation is 1. The third-order valence-electron chi connectivity index (χ3n) is 1.71. The van der Waals surface area contributed by atoms with Crippen LogP contribution in [0.4, 0.5) is 0 Å². The Morgan fingerprint density at radius 3 is 3.06 bits per heavy atom. The first-order chi connectivity index (χ1) is 7.72. The summed E-state index contributed by atoms with van der Waals surface area (Å²) in [4.78, 5) is 2.37. The Kier molecular flexibility index (Phi) is 5.99. The Morgan fingerprint density at radius 2 is 2.44 bits per heavy atom. The Labute approximate surface area is 105 Å². The molecule has 0 bridgehead atoms. The summed E-state index contributed by atoms with van der Waals surface area (Å²) in [5, 5.41) is 7.49. The van der Waals surface area contributed by atoms with Crippen molar-refractivity contribution < 1.29 is 4.74 Å². The van der Waals surface area contributed by atoms with Gasteiger partial charge in [0.15, 0.2) is 5.11 Å². The highest BCUT2D eigenvalue weighted by atomic mass is 32.1. The number of thiophene rings is 1. The number of hydrogen-bond donors (Lipinski definition) is 2. The largest absolute Gasteiger partial charge is 0.383 e. The quantitative estimate of drug-likeness (QED) is 0.363. The highest BCUT2D eigenvalue weighted by Gasteiger charge is 1.93. The smallest absolute Gasteiger partial charge is 0.187 e. The van der Waals surface area contributed by atoms with Crippen molar-refractivity contribution in [1.29, 1.82) is 0 Å². The molecule has 0 unspecified atom stereocenters. The second kappa shape index (κ2) is 7.32. The van der Waals surface area contributed by atoms with Crippen LogP contribution in [0.1, 0.15) is 9.75 Å². The average Bonchev–Trinajstić information content (AvgIpc) is 2.65. The van der Waals surface area contributed by atoms with Crippen molar-refractivity contribution in [1.82, 2.24) is 10.7 Å². The minimum atomic E-state index is 0.501. The Morgan fingerprint density at radius 1 is 1.62 bits per heavy atom. The van der Waals surface area contributed by atoms with E-state index >= 15 is 0 Å². The Bertz CT molecular complexity index is 363. The summed E-state index contributed by atoms with van der Waals surface area (Å²) in [5.74, 6) is 0. The van der Waals surface area contributed by atoms with Gasteiger partial charge in [0.2, 0.25) is 0 Å². The molecule has 1 aromatic heterocycles. The Balaban J connectivity index is 2.23. The van der Waals surface area contributed by atoms with Gasteiger partial charge in [0.1, 0.15) is 0 Å². The van der Waals surface area contributed by atoms with Crippen molar-refractivity contribution in [2.75, 3.05) is 20.3 Å². The minimum Gasteiger partial charge on any atom is -0.383 e. The number of hydrazone groups is 1. The number of methoxy groups -OCH3 is 1. The predicted molar refractivity (Wildman–Crippen MR) is 72.3 cm³/mol. The SMILES string of the molecule is COCCNC(=S)N/N=C\c1ccc(C)s1. The molecule has 1 rings (SSSR count). The molecule has 16 heavy (non-hydrogen) atoms. The average molecular weight is 257 g/mol. The van der Waals surface area contributed by atoms with Gasteiger partial charge in [-0.05, 0) is 31.3 Å². The van der Waals surface area contributed by atoms with Crippen molar-refractivity contribution >= 4 is 34.9 Å². The summed E-state index contributed by atoms with van der Waals surface area (Å²) in [7, 11) is 1.65. The highest BCUT2D eigenvalue weighted by Crippen LogP contribution is 2.11. The molecule has 2 N–H and O–H groups in total. The molecular formula is C10H15N3OS2. The maximum atomic E-state index is 5.00. The molecule has 0 atom stereocenters. The van der Waals surface area contributed by atoms with Gasteiger partial charge in [-0.3, -0.25) is 5.43 Å². The van der Waals surface area contributed by atoms with Crippen LogP contribution >= 0.6 is 23.6 Å². The van der Waals surface area contributed by atoms with Crippen molar-refractivity contribution in [3.63, 3.8) is 0 Å².